The maximum atomic E-state index is 8.85. The van der Waals surface area contributed by atoms with Crippen molar-refractivity contribution in [1.82, 2.24) is 4.98 Å². The van der Waals surface area contributed by atoms with Crippen LogP contribution < -0.4 is 5.73 Å². The third kappa shape index (κ3) is 2.04. The van der Waals surface area contributed by atoms with Crippen molar-refractivity contribution in [1.29, 1.82) is 0 Å². The Hall–Kier alpha value is 0.0300. The van der Waals surface area contributed by atoms with Gasteiger partial charge in [-0.1, -0.05) is 0 Å². The van der Waals surface area contributed by atoms with Gasteiger partial charge in [-0.05, 0) is 31.9 Å². The summed E-state index contributed by atoms with van der Waals surface area (Å²) >= 11 is 6.61. The van der Waals surface area contributed by atoms with E-state index in [1.807, 2.05) is 0 Å². The Labute approximate surface area is 87.3 Å². The van der Waals surface area contributed by atoms with Crippen LogP contribution in [-0.4, -0.2) is 16.7 Å². The lowest BCUT2D eigenvalue weighted by Gasteiger charge is -2.11. The monoisotopic (exact) mass is 294 g/mol. The van der Waals surface area contributed by atoms with Crippen LogP contribution in [0.2, 0.25) is 0 Å². The Balaban J connectivity index is 3.12. The number of halogens is 2. The fourth-order valence-corrected chi connectivity index (χ4v) is 2.38. The molecule has 1 rings (SSSR count). The summed E-state index contributed by atoms with van der Waals surface area (Å²) in [4.78, 5) is 3.93. The summed E-state index contributed by atoms with van der Waals surface area (Å²) in [6.07, 6.45) is 3.30. The summed E-state index contributed by atoms with van der Waals surface area (Å²) in [5.74, 6) is 0. The Morgan fingerprint density at radius 1 is 1.42 bits per heavy atom. The van der Waals surface area contributed by atoms with Gasteiger partial charge in [-0.25, -0.2) is 0 Å². The van der Waals surface area contributed by atoms with E-state index in [4.69, 9.17) is 10.8 Å². The second-order valence-electron chi connectivity index (χ2n) is 2.31. The smallest absolute Gasteiger partial charge is 0.0625 e. The minimum Gasteiger partial charge on any atom is -0.394 e. The van der Waals surface area contributed by atoms with Gasteiger partial charge < -0.3 is 10.8 Å². The van der Waals surface area contributed by atoms with Gasteiger partial charge >= 0.3 is 0 Å². The molecule has 66 valence electrons. The lowest BCUT2D eigenvalue weighted by molar-refractivity contribution is 0.267. The Morgan fingerprint density at radius 2 is 1.92 bits per heavy atom. The van der Waals surface area contributed by atoms with Crippen molar-refractivity contribution < 1.29 is 5.11 Å². The van der Waals surface area contributed by atoms with Gasteiger partial charge in [-0.15, -0.1) is 0 Å². The van der Waals surface area contributed by atoms with Crippen molar-refractivity contribution in [3.63, 3.8) is 0 Å². The number of hydrogen-bond donors (Lipinski definition) is 2. The third-order valence-electron chi connectivity index (χ3n) is 1.46. The van der Waals surface area contributed by atoms with Crippen LogP contribution in [0.15, 0.2) is 21.3 Å². The molecule has 0 aliphatic heterocycles. The summed E-state index contributed by atoms with van der Waals surface area (Å²) < 4.78 is 1.61. The zero-order chi connectivity index (χ0) is 9.14. The van der Waals surface area contributed by atoms with Gasteiger partial charge in [0.15, 0.2) is 0 Å². The van der Waals surface area contributed by atoms with Gasteiger partial charge in [-0.2, -0.15) is 0 Å². The zero-order valence-corrected chi connectivity index (χ0v) is 9.34. The lowest BCUT2D eigenvalue weighted by atomic mass is 10.1. The standard InChI is InChI=1S/C7H8Br2N2O/c8-4-1-11-2-5(9)7(4)6(10)3-12/h1-2,6,12H,3,10H2/t6-/m0/s1. The van der Waals surface area contributed by atoms with Crippen LogP contribution in [0.3, 0.4) is 0 Å². The van der Waals surface area contributed by atoms with Crippen molar-refractivity contribution in [2.24, 2.45) is 5.73 Å². The highest BCUT2D eigenvalue weighted by atomic mass is 79.9. The molecular formula is C7H8Br2N2O. The van der Waals surface area contributed by atoms with Gasteiger partial charge in [0, 0.05) is 26.9 Å². The van der Waals surface area contributed by atoms with Crippen molar-refractivity contribution >= 4 is 31.9 Å². The van der Waals surface area contributed by atoms with Crippen molar-refractivity contribution in [2.45, 2.75) is 6.04 Å². The van der Waals surface area contributed by atoms with Gasteiger partial charge in [-0.3, -0.25) is 4.98 Å². The molecule has 12 heavy (non-hydrogen) atoms. The molecular weight excluding hydrogens is 288 g/mol. The fraction of sp³-hybridized carbons (Fsp3) is 0.286. The first-order valence-corrected chi connectivity index (χ1v) is 4.90. The molecule has 0 aliphatic rings. The fourth-order valence-electron chi connectivity index (χ4n) is 0.867. The molecule has 0 amide bonds. The molecule has 0 unspecified atom stereocenters. The molecule has 1 aromatic heterocycles. The van der Waals surface area contributed by atoms with Gasteiger partial charge in [0.25, 0.3) is 0 Å². The van der Waals surface area contributed by atoms with E-state index in [1.165, 1.54) is 0 Å². The summed E-state index contributed by atoms with van der Waals surface area (Å²) in [5, 5.41) is 8.85. The summed E-state index contributed by atoms with van der Waals surface area (Å²) in [6, 6.07) is -0.378. The lowest BCUT2D eigenvalue weighted by Crippen LogP contribution is -2.15. The molecule has 0 fully saturated rings. The molecule has 0 aromatic carbocycles. The van der Waals surface area contributed by atoms with E-state index in [0.29, 0.717) is 0 Å². The number of aliphatic hydroxyl groups excluding tert-OH is 1. The highest BCUT2D eigenvalue weighted by Crippen LogP contribution is 2.28. The van der Waals surface area contributed by atoms with E-state index in [2.05, 4.69) is 36.8 Å². The van der Waals surface area contributed by atoms with Crippen molar-refractivity contribution in [3.05, 3.63) is 26.9 Å². The minimum atomic E-state index is -0.378. The Morgan fingerprint density at radius 3 is 2.33 bits per heavy atom. The maximum Gasteiger partial charge on any atom is 0.0625 e. The molecule has 0 radical (unpaired) electrons. The number of rotatable bonds is 2. The molecule has 0 saturated carbocycles. The molecule has 0 bridgehead atoms. The highest BCUT2D eigenvalue weighted by Gasteiger charge is 2.12. The molecule has 0 saturated heterocycles. The van der Waals surface area contributed by atoms with Gasteiger partial charge in [0.2, 0.25) is 0 Å². The van der Waals surface area contributed by atoms with Crippen LogP contribution in [0.4, 0.5) is 0 Å². The van der Waals surface area contributed by atoms with Crippen LogP contribution in [-0.2, 0) is 0 Å². The Kier molecular flexibility index (Phi) is 3.64. The van der Waals surface area contributed by atoms with Crippen LogP contribution in [0.1, 0.15) is 11.6 Å². The van der Waals surface area contributed by atoms with Crippen molar-refractivity contribution in [2.75, 3.05) is 6.61 Å². The number of nitrogens with two attached hydrogens (primary N) is 1. The topological polar surface area (TPSA) is 59.1 Å². The molecule has 1 heterocycles. The predicted molar refractivity (Wildman–Crippen MR) is 53.7 cm³/mol. The SMILES string of the molecule is N[C@@H](CO)c1c(Br)cncc1Br. The number of nitrogens with zero attached hydrogens (tertiary/aromatic N) is 1. The summed E-state index contributed by atoms with van der Waals surface area (Å²) in [5.41, 5.74) is 6.50. The number of hydrogen-bond acceptors (Lipinski definition) is 3. The van der Waals surface area contributed by atoms with Crippen LogP contribution in [0.5, 0.6) is 0 Å². The molecule has 0 aliphatic carbocycles. The minimum absolute atomic E-state index is 0.0821. The maximum absolute atomic E-state index is 8.85. The predicted octanol–water partition coefficient (Wildman–Crippen LogP) is 1.60. The van der Waals surface area contributed by atoms with E-state index >= 15 is 0 Å². The molecule has 5 heteroatoms. The van der Waals surface area contributed by atoms with E-state index < -0.39 is 0 Å². The number of aromatic nitrogens is 1. The average Bonchev–Trinajstić information content (AvgIpc) is 2.03. The first-order chi connectivity index (χ1) is 5.66. The first kappa shape index (κ1) is 10.1. The van der Waals surface area contributed by atoms with Crippen LogP contribution >= 0.6 is 31.9 Å². The zero-order valence-electron chi connectivity index (χ0n) is 6.17. The van der Waals surface area contributed by atoms with E-state index in [-0.39, 0.29) is 12.6 Å². The molecule has 3 nitrogen and oxygen atoms in total. The second-order valence-corrected chi connectivity index (χ2v) is 4.01. The molecule has 3 N–H and O–H groups in total. The third-order valence-corrected chi connectivity index (χ3v) is 2.72. The second kappa shape index (κ2) is 4.32. The number of pyridine rings is 1. The van der Waals surface area contributed by atoms with Crippen molar-refractivity contribution in [3.8, 4) is 0 Å². The highest BCUT2D eigenvalue weighted by molar-refractivity contribution is 9.11. The summed E-state index contributed by atoms with van der Waals surface area (Å²) in [7, 11) is 0. The average molecular weight is 296 g/mol. The summed E-state index contributed by atoms with van der Waals surface area (Å²) in [6.45, 7) is -0.0821. The van der Waals surface area contributed by atoms with Crippen LogP contribution in [0.25, 0.3) is 0 Å². The van der Waals surface area contributed by atoms with Gasteiger partial charge in [0.05, 0.1) is 12.6 Å². The first-order valence-electron chi connectivity index (χ1n) is 3.32. The van der Waals surface area contributed by atoms with Crippen LogP contribution in [0, 0.1) is 0 Å². The normalized spacial score (nSPS) is 13.0. The molecule has 1 atom stereocenters. The van der Waals surface area contributed by atoms with Gasteiger partial charge in [0.1, 0.15) is 0 Å². The molecule has 1 aromatic rings. The molecule has 0 spiro atoms. The van der Waals surface area contributed by atoms with E-state index in [9.17, 15) is 0 Å². The van der Waals surface area contributed by atoms with E-state index in [0.717, 1.165) is 14.5 Å². The Bertz CT molecular complexity index is 260. The number of aliphatic hydroxyl groups is 1. The quantitative estimate of drug-likeness (QED) is 0.871. The largest absolute Gasteiger partial charge is 0.394 e. The van der Waals surface area contributed by atoms with E-state index in [1.54, 1.807) is 12.4 Å².